The molecular weight excluding hydrogens is 316 g/mol. The van der Waals surface area contributed by atoms with Crippen LogP contribution in [0.5, 0.6) is 5.75 Å². The molecule has 0 aliphatic carbocycles. The Kier molecular flexibility index (Phi) is 5.28. The minimum atomic E-state index is 0.0374. The summed E-state index contributed by atoms with van der Waals surface area (Å²) in [5.74, 6) is 0.823. The van der Waals surface area contributed by atoms with Gasteiger partial charge >= 0.3 is 0 Å². The molecule has 0 aliphatic rings. The standard InChI is InChI=1S/C19H22N4O2/c1-3-4-5-6-19(24)20-14-7-12-17-18(13-14)22-23(21-17)15-8-10-16(25-2)11-9-15/h7-13H,3-6H2,1-2H3,(H,20,24). The summed E-state index contributed by atoms with van der Waals surface area (Å²) in [6, 6.07) is 13.1. The summed E-state index contributed by atoms with van der Waals surface area (Å²) in [7, 11) is 1.63. The second-order valence-electron chi connectivity index (χ2n) is 5.90. The number of aromatic nitrogens is 3. The molecule has 6 heteroatoms. The zero-order valence-electron chi connectivity index (χ0n) is 14.5. The van der Waals surface area contributed by atoms with Gasteiger partial charge in [-0.05, 0) is 48.9 Å². The molecule has 0 unspecified atom stereocenters. The van der Waals surface area contributed by atoms with Gasteiger partial charge in [0.05, 0.1) is 12.8 Å². The highest BCUT2D eigenvalue weighted by Gasteiger charge is 2.08. The van der Waals surface area contributed by atoms with Gasteiger partial charge < -0.3 is 10.1 Å². The fraction of sp³-hybridized carbons (Fsp3) is 0.316. The number of nitrogens with one attached hydrogen (secondary N) is 1. The van der Waals surface area contributed by atoms with E-state index in [9.17, 15) is 4.79 Å². The predicted octanol–water partition coefficient (Wildman–Crippen LogP) is 3.95. The summed E-state index contributed by atoms with van der Waals surface area (Å²) in [5, 5.41) is 11.9. The normalized spacial score (nSPS) is 10.8. The highest BCUT2D eigenvalue weighted by Crippen LogP contribution is 2.19. The first-order chi connectivity index (χ1) is 12.2. The highest BCUT2D eigenvalue weighted by atomic mass is 16.5. The molecule has 0 fully saturated rings. The monoisotopic (exact) mass is 338 g/mol. The van der Waals surface area contributed by atoms with Crippen LogP contribution in [0.15, 0.2) is 42.5 Å². The minimum absolute atomic E-state index is 0.0374. The summed E-state index contributed by atoms with van der Waals surface area (Å²) >= 11 is 0. The molecule has 130 valence electrons. The lowest BCUT2D eigenvalue weighted by molar-refractivity contribution is -0.116. The first-order valence-electron chi connectivity index (χ1n) is 8.51. The zero-order valence-corrected chi connectivity index (χ0v) is 14.5. The summed E-state index contributed by atoms with van der Waals surface area (Å²) < 4.78 is 5.16. The van der Waals surface area contributed by atoms with E-state index >= 15 is 0 Å². The van der Waals surface area contributed by atoms with Gasteiger partial charge in [-0.1, -0.05) is 19.8 Å². The summed E-state index contributed by atoms with van der Waals surface area (Å²) in [6.45, 7) is 2.12. The first-order valence-corrected chi connectivity index (χ1v) is 8.51. The van der Waals surface area contributed by atoms with Crippen LogP contribution in [0.3, 0.4) is 0 Å². The van der Waals surface area contributed by atoms with Crippen LogP contribution in [0.25, 0.3) is 16.7 Å². The summed E-state index contributed by atoms with van der Waals surface area (Å²) in [6.07, 6.45) is 3.64. The van der Waals surface area contributed by atoms with Gasteiger partial charge in [-0.2, -0.15) is 4.80 Å². The number of methoxy groups -OCH3 is 1. The molecule has 0 spiro atoms. The zero-order chi connectivity index (χ0) is 17.6. The Morgan fingerprint density at radius 2 is 1.84 bits per heavy atom. The van der Waals surface area contributed by atoms with Crippen LogP contribution in [-0.4, -0.2) is 28.0 Å². The molecule has 0 radical (unpaired) electrons. The van der Waals surface area contributed by atoms with Crippen molar-refractivity contribution in [3.05, 3.63) is 42.5 Å². The number of benzene rings is 2. The average Bonchev–Trinajstić information content (AvgIpc) is 3.05. The van der Waals surface area contributed by atoms with Crippen molar-refractivity contribution in [2.75, 3.05) is 12.4 Å². The average molecular weight is 338 g/mol. The molecule has 3 aromatic rings. The minimum Gasteiger partial charge on any atom is -0.497 e. The molecule has 0 saturated carbocycles. The number of carbonyl (C=O) groups excluding carboxylic acids is 1. The Bertz CT molecular complexity index is 855. The Morgan fingerprint density at radius 1 is 1.08 bits per heavy atom. The maximum absolute atomic E-state index is 11.9. The van der Waals surface area contributed by atoms with Gasteiger partial charge in [-0.3, -0.25) is 4.79 Å². The number of hydrogen-bond acceptors (Lipinski definition) is 4. The van der Waals surface area contributed by atoms with Gasteiger partial charge in [0, 0.05) is 12.1 Å². The predicted molar refractivity (Wildman–Crippen MR) is 98.2 cm³/mol. The van der Waals surface area contributed by atoms with Crippen LogP contribution in [0.4, 0.5) is 5.69 Å². The maximum Gasteiger partial charge on any atom is 0.224 e. The summed E-state index contributed by atoms with van der Waals surface area (Å²) in [4.78, 5) is 13.5. The van der Waals surface area contributed by atoms with E-state index in [1.807, 2.05) is 42.5 Å². The van der Waals surface area contributed by atoms with E-state index in [1.54, 1.807) is 11.9 Å². The Balaban J connectivity index is 1.75. The van der Waals surface area contributed by atoms with Crippen molar-refractivity contribution in [1.29, 1.82) is 0 Å². The van der Waals surface area contributed by atoms with Gasteiger partial charge in [0.15, 0.2) is 0 Å². The Morgan fingerprint density at radius 3 is 2.56 bits per heavy atom. The number of anilines is 1. The Hall–Kier alpha value is -2.89. The van der Waals surface area contributed by atoms with Crippen LogP contribution in [0, 0.1) is 0 Å². The number of fused-ring (bicyclic) bond motifs is 1. The molecule has 1 N–H and O–H groups in total. The molecule has 6 nitrogen and oxygen atoms in total. The molecule has 0 bridgehead atoms. The van der Waals surface area contributed by atoms with Crippen molar-refractivity contribution < 1.29 is 9.53 Å². The third kappa shape index (κ3) is 4.15. The topological polar surface area (TPSA) is 69.0 Å². The van der Waals surface area contributed by atoms with Crippen molar-refractivity contribution >= 4 is 22.6 Å². The second kappa shape index (κ2) is 7.79. The van der Waals surface area contributed by atoms with E-state index in [4.69, 9.17) is 4.74 Å². The largest absolute Gasteiger partial charge is 0.497 e. The second-order valence-corrected chi connectivity index (χ2v) is 5.90. The lowest BCUT2D eigenvalue weighted by Crippen LogP contribution is -2.10. The van der Waals surface area contributed by atoms with Gasteiger partial charge in [-0.15, -0.1) is 10.2 Å². The molecule has 1 amide bonds. The number of nitrogens with zero attached hydrogens (tertiary/aromatic N) is 3. The third-order valence-electron chi connectivity index (χ3n) is 3.97. The molecular formula is C19H22N4O2. The quantitative estimate of drug-likeness (QED) is 0.662. The van der Waals surface area contributed by atoms with Crippen LogP contribution in [0.1, 0.15) is 32.6 Å². The lowest BCUT2D eigenvalue weighted by Gasteiger charge is -2.04. The van der Waals surface area contributed by atoms with E-state index in [0.717, 1.165) is 47.4 Å². The number of rotatable bonds is 7. The molecule has 1 aromatic heterocycles. The number of ether oxygens (including phenoxy) is 1. The van der Waals surface area contributed by atoms with Gasteiger partial charge in [0.2, 0.25) is 5.91 Å². The van der Waals surface area contributed by atoms with Crippen LogP contribution >= 0.6 is 0 Å². The van der Waals surface area contributed by atoms with E-state index in [0.29, 0.717) is 6.42 Å². The number of hydrogen-bond donors (Lipinski definition) is 1. The fourth-order valence-electron chi connectivity index (χ4n) is 2.58. The van der Waals surface area contributed by atoms with Crippen molar-refractivity contribution in [1.82, 2.24) is 15.0 Å². The number of amides is 1. The van der Waals surface area contributed by atoms with E-state index in [2.05, 4.69) is 22.4 Å². The first kappa shape index (κ1) is 17.0. The fourth-order valence-corrected chi connectivity index (χ4v) is 2.58. The SMILES string of the molecule is CCCCCC(=O)Nc1ccc2nn(-c3ccc(OC)cc3)nc2c1. The molecule has 1 heterocycles. The van der Waals surface area contributed by atoms with E-state index < -0.39 is 0 Å². The van der Waals surface area contributed by atoms with Gasteiger partial charge in [0.1, 0.15) is 16.8 Å². The lowest BCUT2D eigenvalue weighted by atomic mass is 10.2. The van der Waals surface area contributed by atoms with Crippen molar-refractivity contribution in [3.63, 3.8) is 0 Å². The Labute approximate surface area is 146 Å². The summed E-state index contributed by atoms with van der Waals surface area (Å²) in [5.41, 5.74) is 3.11. The van der Waals surface area contributed by atoms with Gasteiger partial charge in [0.25, 0.3) is 0 Å². The molecule has 0 saturated heterocycles. The molecule has 25 heavy (non-hydrogen) atoms. The van der Waals surface area contributed by atoms with E-state index in [1.165, 1.54) is 0 Å². The van der Waals surface area contributed by atoms with Crippen LogP contribution in [0.2, 0.25) is 0 Å². The van der Waals surface area contributed by atoms with Crippen LogP contribution in [-0.2, 0) is 4.79 Å². The van der Waals surface area contributed by atoms with Crippen LogP contribution < -0.4 is 10.1 Å². The van der Waals surface area contributed by atoms with E-state index in [-0.39, 0.29) is 5.91 Å². The number of carbonyl (C=O) groups is 1. The highest BCUT2D eigenvalue weighted by molar-refractivity contribution is 5.92. The molecule has 0 aliphatic heterocycles. The third-order valence-corrected chi connectivity index (χ3v) is 3.97. The van der Waals surface area contributed by atoms with Gasteiger partial charge in [-0.25, -0.2) is 0 Å². The smallest absolute Gasteiger partial charge is 0.224 e. The molecule has 3 rings (SSSR count). The molecule has 0 atom stereocenters. The molecule has 2 aromatic carbocycles. The maximum atomic E-state index is 11.9. The van der Waals surface area contributed by atoms with Crippen molar-refractivity contribution in [2.45, 2.75) is 32.6 Å². The number of unbranched alkanes of at least 4 members (excludes halogenated alkanes) is 2. The van der Waals surface area contributed by atoms with Crippen molar-refractivity contribution in [3.8, 4) is 11.4 Å². The van der Waals surface area contributed by atoms with Crippen molar-refractivity contribution in [2.24, 2.45) is 0 Å².